The van der Waals surface area contributed by atoms with Crippen LogP contribution in [0, 0.1) is 28.6 Å². The molecule has 30 heavy (non-hydrogen) atoms. The van der Waals surface area contributed by atoms with E-state index in [-0.39, 0.29) is 13.0 Å². The summed E-state index contributed by atoms with van der Waals surface area (Å²) in [6, 6.07) is 0.245. The molecule has 0 aromatic heterocycles. The summed E-state index contributed by atoms with van der Waals surface area (Å²) >= 11 is 0. The lowest BCUT2D eigenvalue weighted by atomic mass is 9.46. The first kappa shape index (κ1) is 21.4. The molecule has 5 aliphatic rings. The van der Waals surface area contributed by atoms with Gasteiger partial charge in [0, 0.05) is 11.8 Å². The number of rotatable bonds is 3. The number of nitrogens with zero attached hydrogens (tertiary/aromatic N) is 2. The Bertz CT molecular complexity index is 759. The number of ether oxygens (including phenoxy) is 1. The third kappa shape index (κ3) is 3.89. The molecule has 4 saturated carbocycles. The van der Waals surface area contributed by atoms with Gasteiger partial charge in [0.15, 0.2) is 0 Å². The summed E-state index contributed by atoms with van der Waals surface area (Å²) in [6.07, 6.45) is 2.45. The number of likely N-dealkylation sites (tertiary alicyclic amines) is 1. The maximum absolute atomic E-state index is 14.0. The number of alkyl carbamates (subject to hydrolysis) is 1. The van der Waals surface area contributed by atoms with Crippen LogP contribution in [0.1, 0.15) is 65.7 Å². The second-order valence-corrected chi connectivity index (χ2v) is 11.1. The quantitative estimate of drug-likeness (QED) is 0.729. The summed E-state index contributed by atoms with van der Waals surface area (Å²) in [4.78, 5) is 27.6. The highest BCUT2D eigenvalue weighted by Crippen LogP contribution is 2.63. The number of carbonyl (C=O) groups excluding carboxylic acids is 2. The van der Waals surface area contributed by atoms with Crippen LogP contribution in [0.25, 0.3) is 0 Å². The molecule has 2 amide bonds. The molecule has 8 heteroatoms. The minimum Gasteiger partial charge on any atom is -0.444 e. The van der Waals surface area contributed by atoms with Crippen molar-refractivity contribution in [3.8, 4) is 6.07 Å². The largest absolute Gasteiger partial charge is 0.444 e. The zero-order valence-corrected chi connectivity index (χ0v) is 18.0. The Balaban J connectivity index is 1.65. The van der Waals surface area contributed by atoms with Crippen LogP contribution in [0.5, 0.6) is 0 Å². The molecular formula is C22H32FN3O4. The summed E-state index contributed by atoms with van der Waals surface area (Å²) in [7, 11) is 0. The molecule has 0 radical (unpaired) electrons. The van der Waals surface area contributed by atoms with Gasteiger partial charge in [-0.05, 0) is 71.1 Å². The van der Waals surface area contributed by atoms with E-state index in [2.05, 4.69) is 5.32 Å². The highest BCUT2D eigenvalue weighted by atomic mass is 19.1. The van der Waals surface area contributed by atoms with E-state index in [1.165, 1.54) is 4.90 Å². The number of amides is 2. The van der Waals surface area contributed by atoms with Crippen LogP contribution >= 0.6 is 0 Å². The summed E-state index contributed by atoms with van der Waals surface area (Å²) in [5, 5.41) is 23.4. The highest BCUT2D eigenvalue weighted by Gasteiger charge is 2.62. The molecule has 0 aromatic carbocycles. The van der Waals surface area contributed by atoms with Crippen molar-refractivity contribution in [2.24, 2.45) is 17.3 Å². The molecule has 166 valence electrons. The van der Waals surface area contributed by atoms with Gasteiger partial charge < -0.3 is 20.1 Å². The lowest BCUT2D eigenvalue weighted by molar-refractivity contribution is -0.180. The van der Waals surface area contributed by atoms with Crippen LogP contribution in [0.4, 0.5) is 9.18 Å². The summed E-state index contributed by atoms with van der Waals surface area (Å²) in [6.45, 7) is 5.10. The maximum Gasteiger partial charge on any atom is 0.408 e. The Morgan fingerprint density at radius 1 is 1.23 bits per heavy atom. The fourth-order valence-electron chi connectivity index (χ4n) is 6.84. The molecule has 0 aromatic rings. The maximum atomic E-state index is 14.0. The van der Waals surface area contributed by atoms with Gasteiger partial charge in [0.05, 0.1) is 18.2 Å². The van der Waals surface area contributed by atoms with Gasteiger partial charge >= 0.3 is 6.09 Å². The number of carbonyl (C=O) groups is 2. The first-order valence-corrected chi connectivity index (χ1v) is 11.0. The van der Waals surface area contributed by atoms with Gasteiger partial charge in [-0.2, -0.15) is 5.26 Å². The first-order valence-electron chi connectivity index (χ1n) is 11.0. The van der Waals surface area contributed by atoms with Gasteiger partial charge in [-0.25, -0.2) is 9.18 Å². The van der Waals surface area contributed by atoms with Crippen LogP contribution in [0.15, 0.2) is 0 Å². The third-order valence-electron chi connectivity index (χ3n) is 7.28. The number of nitrogens with one attached hydrogen (secondary N) is 1. The first-order chi connectivity index (χ1) is 13.9. The molecule has 2 unspecified atom stereocenters. The Kier molecular flexibility index (Phi) is 5.04. The molecule has 5 fully saturated rings. The van der Waals surface area contributed by atoms with Gasteiger partial charge in [0.2, 0.25) is 5.91 Å². The Hall–Kier alpha value is -1.88. The number of hydrogen-bond donors (Lipinski definition) is 2. The molecule has 1 saturated heterocycles. The second kappa shape index (κ2) is 7.08. The minimum absolute atomic E-state index is 0.0103. The van der Waals surface area contributed by atoms with E-state index in [0.717, 1.165) is 32.1 Å². The standard InChI is InChI=1S/C22H32FN3O4/c1-20(2,3)30-19(28)25-17(18(27)26-11-15(23)5-16(26)10-24)21-6-13-4-14(7-21)9-22(29,8-13)12-21/h13-17,29H,4-9,11-12H2,1-3H3,(H,25,28)/t13?,14?,15-,16-,17+,21?,22?/m0/s1. The normalized spacial score (nSPS) is 40.7. The van der Waals surface area contributed by atoms with Crippen molar-refractivity contribution in [2.45, 2.75) is 95.2 Å². The number of halogens is 1. The molecule has 1 aliphatic heterocycles. The fourth-order valence-corrected chi connectivity index (χ4v) is 6.84. The Labute approximate surface area is 176 Å². The van der Waals surface area contributed by atoms with Crippen LogP contribution in [-0.2, 0) is 9.53 Å². The predicted molar refractivity (Wildman–Crippen MR) is 106 cm³/mol. The van der Waals surface area contributed by atoms with E-state index in [9.17, 15) is 24.3 Å². The number of nitriles is 1. The fraction of sp³-hybridized carbons (Fsp3) is 0.864. The molecular weight excluding hydrogens is 389 g/mol. The number of hydrogen-bond acceptors (Lipinski definition) is 5. The molecule has 5 atom stereocenters. The molecule has 1 heterocycles. The van der Waals surface area contributed by atoms with Crippen molar-refractivity contribution in [3.05, 3.63) is 0 Å². The Morgan fingerprint density at radius 3 is 2.40 bits per heavy atom. The van der Waals surface area contributed by atoms with Gasteiger partial charge in [0.1, 0.15) is 23.9 Å². The highest BCUT2D eigenvalue weighted by molar-refractivity contribution is 5.87. The van der Waals surface area contributed by atoms with Crippen LogP contribution in [-0.4, -0.2) is 58.0 Å². The summed E-state index contributed by atoms with van der Waals surface area (Å²) < 4.78 is 19.5. The summed E-state index contributed by atoms with van der Waals surface area (Å²) in [5.74, 6) is 0.190. The molecule has 5 rings (SSSR count). The second-order valence-electron chi connectivity index (χ2n) is 11.1. The summed E-state index contributed by atoms with van der Waals surface area (Å²) in [5.41, 5.74) is -2.15. The zero-order chi connectivity index (χ0) is 21.9. The molecule has 0 spiro atoms. The van der Waals surface area contributed by atoms with Crippen LogP contribution in [0.3, 0.4) is 0 Å². The van der Waals surface area contributed by atoms with E-state index in [4.69, 9.17) is 4.74 Å². The zero-order valence-electron chi connectivity index (χ0n) is 18.0. The third-order valence-corrected chi connectivity index (χ3v) is 7.28. The average Bonchev–Trinajstić information content (AvgIpc) is 2.96. The average molecular weight is 422 g/mol. The smallest absolute Gasteiger partial charge is 0.408 e. The van der Waals surface area contributed by atoms with E-state index < -0.39 is 46.9 Å². The van der Waals surface area contributed by atoms with Crippen molar-refractivity contribution >= 4 is 12.0 Å². The van der Waals surface area contributed by atoms with Gasteiger partial charge in [-0.1, -0.05) is 0 Å². The predicted octanol–water partition coefficient (Wildman–Crippen LogP) is 2.67. The molecule has 2 N–H and O–H groups in total. The van der Waals surface area contributed by atoms with E-state index in [0.29, 0.717) is 18.3 Å². The number of aliphatic hydroxyl groups is 1. The van der Waals surface area contributed by atoms with Gasteiger partial charge in [-0.15, -0.1) is 0 Å². The van der Waals surface area contributed by atoms with Gasteiger partial charge in [-0.3, -0.25) is 4.79 Å². The van der Waals surface area contributed by atoms with Crippen LogP contribution < -0.4 is 5.32 Å². The Morgan fingerprint density at radius 2 is 1.87 bits per heavy atom. The van der Waals surface area contributed by atoms with E-state index in [1.54, 1.807) is 20.8 Å². The van der Waals surface area contributed by atoms with E-state index >= 15 is 0 Å². The van der Waals surface area contributed by atoms with Crippen molar-refractivity contribution in [2.75, 3.05) is 6.54 Å². The van der Waals surface area contributed by atoms with Crippen molar-refractivity contribution in [3.63, 3.8) is 0 Å². The van der Waals surface area contributed by atoms with Crippen LogP contribution in [0.2, 0.25) is 0 Å². The van der Waals surface area contributed by atoms with Crippen molar-refractivity contribution in [1.82, 2.24) is 10.2 Å². The molecule has 7 nitrogen and oxygen atoms in total. The van der Waals surface area contributed by atoms with Gasteiger partial charge in [0.25, 0.3) is 0 Å². The molecule has 4 bridgehead atoms. The van der Waals surface area contributed by atoms with Crippen molar-refractivity contribution < 1.29 is 23.8 Å². The SMILES string of the molecule is CC(C)(C)OC(=O)N[C@H](C(=O)N1C[C@@H](F)C[C@H]1C#N)C12CC3CC(CC(O)(C3)C1)C2. The minimum atomic E-state index is -1.25. The number of alkyl halides is 1. The lowest BCUT2D eigenvalue weighted by Crippen LogP contribution is -2.66. The molecule has 4 aliphatic carbocycles. The topological polar surface area (TPSA) is 103 Å². The van der Waals surface area contributed by atoms with Crippen molar-refractivity contribution in [1.29, 1.82) is 5.26 Å². The monoisotopic (exact) mass is 421 g/mol. The lowest BCUT2D eigenvalue weighted by Gasteiger charge is -2.62. The van der Waals surface area contributed by atoms with E-state index in [1.807, 2.05) is 6.07 Å².